The first-order valence-corrected chi connectivity index (χ1v) is 8.60. The number of methoxy groups -OCH3 is 1. The number of aromatic nitrogens is 4. The summed E-state index contributed by atoms with van der Waals surface area (Å²) in [7, 11) is 1.49. The molecule has 0 radical (unpaired) electrons. The van der Waals surface area contributed by atoms with Gasteiger partial charge in [-0.05, 0) is 24.5 Å². The van der Waals surface area contributed by atoms with Gasteiger partial charge in [0.1, 0.15) is 28.9 Å². The van der Waals surface area contributed by atoms with Gasteiger partial charge in [0.15, 0.2) is 0 Å². The average Bonchev–Trinajstić information content (AvgIpc) is 3.02. The Labute approximate surface area is 156 Å². The summed E-state index contributed by atoms with van der Waals surface area (Å²) in [5.74, 6) is 0.856. The summed E-state index contributed by atoms with van der Waals surface area (Å²) in [6.45, 7) is 8.38. The van der Waals surface area contributed by atoms with Gasteiger partial charge in [0, 0.05) is 17.7 Å². The molecule has 0 aliphatic heterocycles. The highest BCUT2D eigenvalue weighted by Crippen LogP contribution is 2.38. The van der Waals surface area contributed by atoms with E-state index in [2.05, 4.69) is 41.2 Å². The quantitative estimate of drug-likeness (QED) is 0.681. The van der Waals surface area contributed by atoms with E-state index in [-0.39, 0.29) is 16.6 Å². The maximum Gasteiger partial charge on any atom is 0.255 e. The van der Waals surface area contributed by atoms with Gasteiger partial charge in [0.05, 0.1) is 12.7 Å². The third-order valence-corrected chi connectivity index (χ3v) is 4.75. The zero-order valence-corrected chi connectivity index (χ0v) is 16.1. The lowest BCUT2D eigenvalue weighted by atomic mass is 9.88. The van der Waals surface area contributed by atoms with Gasteiger partial charge in [0.25, 0.3) is 5.78 Å². The van der Waals surface area contributed by atoms with Crippen LogP contribution in [0.4, 0.5) is 10.2 Å². The van der Waals surface area contributed by atoms with Crippen LogP contribution in [0.25, 0.3) is 16.9 Å². The molecule has 0 spiro atoms. The van der Waals surface area contributed by atoms with Crippen molar-refractivity contribution in [1.29, 1.82) is 0 Å². The highest BCUT2D eigenvalue weighted by atomic mass is 35.5. The number of halogens is 2. The lowest BCUT2D eigenvalue weighted by molar-refractivity contribution is 0.358. The number of anilines is 1. The topological polar surface area (TPSA) is 64.3 Å². The van der Waals surface area contributed by atoms with Gasteiger partial charge in [-0.15, -0.1) is 0 Å². The number of hydrogen-bond acceptors (Lipinski definition) is 5. The molecule has 6 nitrogen and oxygen atoms in total. The van der Waals surface area contributed by atoms with Crippen molar-refractivity contribution in [2.45, 2.75) is 33.7 Å². The van der Waals surface area contributed by atoms with E-state index in [1.54, 1.807) is 12.1 Å². The summed E-state index contributed by atoms with van der Waals surface area (Å²) in [4.78, 5) is 8.34. The minimum absolute atomic E-state index is 0.0433. The normalized spacial score (nSPS) is 13.0. The molecule has 3 aromatic rings. The summed E-state index contributed by atoms with van der Waals surface area (Å²) < 4.78 is 21.4. The lowest BCUT2D eigenvalue weighted by Crippen LogP contribution is -2.32. The fraction of sp³-hybridized carbons (Fsp3) is 0.389. The number of fused-ring (bicyclic) bond motifs is 1. The standard InChI is InChI=1S/C18H21ClFN5O/c1-10(18(2,3)4)23-16-14(12-7-6-11(26-5)8-13(12)20)15(19)24-17-21-9-22-25(16)17/h6-10,23H,1-5H3/t10-/m1/s1. The Morgan fingerprint density at radius 1 is 1.31 bits per heavy atom. The Bertz CT molecular complexity index is 951. The number of ether oxygens (including phenoxy) is 1. The summed E-state index contributed by atoms with van der Waals surface area (Å²) in [5.41, 5.74) is 0.698. The summed E-state index contributed by atoms with van der Waals surface area (Å²) in [6, 6.07) is 4.66. The van der Waals surface area contributed by atoms with Crippen molar-refractivity contribution in [2.75, 3.05) is 12.4 Å². The Kier molecular flexibility index (Phi) is 4.75. The third-order valence-electron chi connectivity index (χ3n) is 4.48. The summed E-state index contributed by atoms with van der Waals surface area (Å²) in [5, 5.41) is 7.78. The van der Waals surface area contributed by atoms with Crippen LogP contribution in [0.3, 0.4) is 0 Å². The molecular formula is C18H21ClFN5O. The van der Waals surface area contributed by atoms with E-state index in [0.29, 0.717) is 28.5 Å². The lowest BCUT2D eigenvalue weighted by Gasteiger charge is -2.30. The molecule has 138 valence electrons. The molecule has 8 heteroatoms. The van der Waals surface area contributed by atoms with Gasteiger partial charge >= 0.3 is 0 Å². The Hall–Kier alpha value is -2.41. The molecule has 0 aliphatic rings. The van der Waals surface area contributed by atoms with Crippen molar-refractivity contribution in [1.82, 2.24) is 19.6 Å². The van der Waals surface area contributed by atoms with Crippen LogP contribution >= 0.6 is 11.6 Å². The maximum atomic E-state index is 14.7. The average molecular weight is 378 g/mol. The fourth-order valence-corrected chi connectivity index (χ4v) is 2.70. The summed E-state index contributed by atoms with van der Waals surface area (Å²) >= 11 is 6.41. The molecule has 0 amide bonds. The first-order chi connectivity index (χ1) is 12.2. The minimum Gasteiger partial charge on any atom is -0.497 e. The molecule has 26 heavy (non-hydrogen) atoms. The van der Waals surface area contributed by atoms with Gasteiger partial charge in [-0.3, -0.25) is 0 Å². The molecule has 1 atom stereocenters. The molecule has 0 aliphatic carbocycles. The van der Waals surface area contributed by atoms with Crippen LogP contribution in [0.5, 0.6) is 5.75 Å². The number of rotatable bonds is 4. The zero-order valence-electron chi connectivity index (χ0n) is 15.3. The van der Waals surface area contributed by atoms with E-state index in [0.717, 1.165) is 0 Å². The second-order valence-electron chi connectivity index (χ2n) is 7.18. The van der Waals surface area contributed by atoms with Gasteiger partial charge in [-0.1, -0.05) is 32.4 Å². The fourth-order valence-electron chi connectivity index (χ4n) is 2.44. The van der Waals surface area contributed by atoms with Crippen molar-refractivity contribution < 1.29 is 9.13 Å². The van der Waals surface area contributed by atoms with E-state index in [1.165, 1.54) is 24.0 Å². The van der Waals surface area contributed by atoms with Crippen LogP contribution in [0.1, 0.15) is 27.7 Å². The van der Waals surface area contributed by atoms with Crippen LogP contribution in [0.2, 0.25) is 5.15 Å². The van der Waals surface area contributed by atoms with E-state index >= 15 is 0 Å². The van der Waals surface area contributed by atoms with Crippen LogP contribution in [0.15, 0.2) is 24.5 Å². The second-order valence-corrected chi connectivity index (χ2v) is 7.53. The largest absolute Gasteiger partial charge is 0.497 e. The molecule has 0 fully saturated rings. The SMILES string of the molecule is COc1ccc(-c2c(Cl)nc3ncnn3c2N[C@H](C)C(C)(C)C)c(F)c1. The number of benzene rings is 1. The monoisotopic (exact) mass is 377 g/mol. The zero-order chi connectivity index (χ0) is 19.1. The van der Waals surface area contributed by atoms with Gasteiger partial charge in [-0.2, -0.15) is 19.6 Å². The van der Waals surface area contributed by atoms with Gasteiger partial charge < -0.3 is 10.1 Å². The smallest absolute Gasteiger partial charge is 0.255 e. The van der Waals surface area contributed by atoms with Crippen molar-refractivity contribution in [3.63, 3.8) is 0 Å². The molecule has 1 aromatic carbocycles. The molecule has 3 rings (SSSR count). The molecular weight excluding hydrogens is 357 g/mol. The van der Waals surface area contributed by atoms with Crippen molar-refractivity contribution in [3.05, 3.63) is 35.5 Å². The first kappa shape index (κ1) is 18.4. The molecule has 2 heterocycles. The molecule has 0 saturated carbocycles. The van der Waals surface area contributed by atoms with Crippen molar-refractivity contribution in [2.24, 2.45) is 5.41 Å². The first-order valence-electron chi connectivity index (χ1n) is 8.22. The van der Waals surface area contributed by atoms with Gasteiger partial charge in [0.2, 0.25) is 0 Å². The highest BCUT2D eigenvalue weighted by molar-refractivity contribution is 6.33. The van der Waals surface area contributed by atoms with E-state index in [9.17, 15) is 4.39 Å². The number of hydrogen-bond donors (Lipinski definition) is 1. The predicted molar refractivity (Wildman–Crippen MR) is 100 cm³/mol. The van der Waals surface area contributed by atoms with Crippen LogP contribution in [0, 0.1) is 11.2 Å². The Morgan fingerprint density at radius 3 is 2.65 bits per heavy atom. The predicted octanol–water partition coefficient (Wildman–Crippen LogP) is 4.44. The number of nitrogens with zero attached hydrogens (tertiary/aromatic N) is 4. The number of nitrogens with one attached hydrogen (secondary N) is 1. The van der Waals surface area contributed by atoms with E-state index in [1.807, 2.05) is 6.92 Å². The van der Waals surface area contributed by atoms with Crippen molar-refractivity contribution in [3.8, 4) is 16.9 Å². The molecule has 0 unspecified atom stereocenters. The van der Waals surface area contributed by atoms with Crippen LogP contribution < -0.4 is 10.1 Å². The van der Waals surface area contributed by atoms with Crippen LogP contribution in [-0.2, 0) is 0 Å². The van der Waals surface area contributed by atoms with E-state index < -0.39 is 5.82 Å². The molecule has 0 saturated heterocycles. The minimum atomic E-state index is -0.459. The van der Waals surface area contributed by atoms with E-state index in [4.69, 9.17) is 16.3 Å². The summed E-state index contributed by atoms with van der Waals surface area (Å²) in [6.07, 6.45) is 1.39. The highest BCUT2D eigenvalue weighted by Gasteiger charge is 2.25. The maximum absolute atomic E-state index is 14.7. The van der Waals surface area contributed by atoms with Gasteiger partial charge in [-0.25, -0.2) is 4.39 Å². The van der Waals surface area contributed by atoms with Crippen molar-refractivity contribution >= 4 is 23.2 Å². The Balaban J connectivity index is 2.24. The second kappa shape index (κ2) is 6.72. The Morgan fingerprint density at radius 2 is 2.04 bits per heavy atom. The molecule has 2 aromatic heterocycles. The third kappa shape index (κ3) is 3.31. The van der Waals surface area contributed by atoms with Crippen LogP contribution in [-0.4, -0.2) is 32.7 Å². The molecule has 0 bridgehead atoms. The molecule has 1 N–H and O–H groups in total.